The van der Waals surface area contributed by atoms with E-state index in [4.69, 9.17) is 0 Å². The molecule has 2 N–H and O–H groups in total. The van der Waals surface area contributed by atoms with Crippen molar-refractivity contribution in [1.29, 1.82) is 0 Å². The minimum Gasteiger partial charge on any atom is -0.478 e. The topological polar surface area (TPSA) is 74.6 Å². The molecule has 0 bridgehead atoms. The van der Waals surface area contributed by atoms with E-state index in [2.05, 4.69) is 59.0 Å². The molecule has 2 aliphatic carbocycles. The van der Waals surface area contributed by atoms with Gasteiger partial charge in [-0.25, -0.2) is 4.79 Å². The fourth-order valence-electron chi connectivity index (χ4n) is 7.20. The molecule has 2 saturated carbocycles. The summed E-state index contributed by atoms with van der Waals surface area (Å²) < 4.78 is 2.52. The quantitative estimate of drug-likeness (QED) is 0.231. The van der Waals surface area contributed by atoms with Gasteiger partial charge in [0.05, 0.1) is 5.56 Å². The monoisotopic (exact) mass is 573 g/mol. The van der Waals surface area contributed by atoms with Crippen LogP contribution in [0.25, 0.3) is 11.1 Å². The molecule has 2 atom stereocenters. The summed E-state index contributed by atoms with van der Waals surface area (Å²) in [4.78, 5) is 27.4. The van der Waals surface area contributed by atoms with Crippen molar-refractivity contribution in [2.24, 2.45) is 5.92 Å². The Hall–Kier alpha value is -4.16. The zero-order valence-corrected chi connectivity index (χ0v) is 25.0. The average Bonchev–Trinajstić information content (AvgIpc) is 3.95. The van der Waals surface area contributed by atoms with E-state index in [0.29, 0.717) is 24.1 Å². The first-order valence-electron chi connectivity index (χ1n) is 15.6. The van der Waals surface area contributed by atoms with Crippen molar-refractivity contribution < 1.29 is 14.7 Å². The Kier molecular flexibility index (Phi) is 7.18. The van der Waals surface area contributed by atoms with Crippen LogP contribution in [0.2, 0.25) is 0 Å². The maximum Gasteiger partial charge on any atom is 0.335 e. The van der Waals surface area contributed by atoms with Gasteiger partial charge in [0, 0.05) is 49.5 Å². The third kappa shape index (κ3) is 5.52. The molecule has 1 aliphatic heterocycles. The van der Waals surface area contributed by atoms with Gasteiger partial charge in [-0.15, -0.1) is 0 Å². The van der Waals surface area contributed by atoms with Crippen LogP contribution in [0.15, 0.2) is 72.8 Å². The molecule has 0 saturated heterocycles. The summed E-state index contributed by atoms with van der Waals surface area (Å²) in [6, 6.07) is 24.8. The van der Waals surface area contributed by atoms with Crippen LogP contribution in [0.1, 0.15) is 80.8 Å². The van der Waals surface area contributed by atoms with Crippen LogP contribution in [0, 0.1) is 19.8 Å². The zero-order chi connectivity index (χ0) is 29.7. The summed E-state index contributed by atoms with van der Waals surface area (Å²) in [5.74, 6) is -0.446. The van der Waals surface area contributed by atoms with Gasteiger partial charge in [-0.1, -0.05) is 54.6 Å². The number of benzene rings is 3. The number of aromatic nitrogens is 1. The SMILES string of the molecule is Cc1cc(CN2CCc3c(-c4cccc(C(=O)O)c4)ccc(CNC(=O)[C@H]4C[C@H]4c4ccccc4)c3C2)c(C)n1C1CC1. The Morgan fingerprint density at radius 3 is 2.51 bits per heavy atom. The number of hydrogen-bond donors (Lipinski definition) is 2. The van der Waals surface area contributed by atoms with E-state index in [0.717, 1.165) is 49.2 Å². The summed E-state index contributed by atoms with van der Waals surface area (Å²) in [5.41, 5.74) is 11.4. The molecular formula is C37H39N3O3. The highest BCUT2D eigenvalue weighted by atomic mass is 16.4. The number of carboxylic acid groups (broad SMARTS) is 1. The van der Waals surface area contributed by atoms with Crippen LogP contribution < -0.4 is 5.32 Å². The molecule has 1 aromatic heterocycles. The predicted octanol–water partition coefficient (Wildman–Crippen LogP) is 6.78. The Bertz CT molecular complexity index is 1700. The molecule has 1 amide bonds. The largest absolute Gasteiger partial charge is 0.478 e. The Morgan fingerprint density at radius 1 is 0.930 bits per heavy atom. The molecule has 43 heavy (non-hydrogen) atoms. The fraction of sp³-hybridized carbons (Fsp3) is 0.351. The van der Waals surface area contributed by atoms with Crippen molar-refractivity contribution in [3.05, 3.63) is 118 Å². The maximum atomic E-state index is 13.2. The molecule has 6 heteroatoms. The number of aromatic carboxylic acids is 1. The number of carbonyl (C=O) groups excluding carboxylic acids is 1. The van der Waals surface area contributed by atoms with Crippen molar-refractivity contribution in [2.45, 2.75) is 71.1 Å². The molecule has 2 fully saturated rings. The summed E-state index contributed by atoms with van der Waals surface area (Å²) in [5, 5.41) is 12.9. The van der Waals surface area contributed by atoms with Crippen molar-refractivity contribution in [3.8, 4) is 11.1 Å². The maximum absolute atomic E-state index is 13.2. The minimum atomic E-state index is -0.918. The van der Waals surface area contributed by atoms with Gasteiger partial charge in [-0.2, -0.15) is 0 Å². The average molecular weight is 574 g/mol. The lowest BCUT2D eigenvalue weighted by Crippen LogP contribution is -2.33. The number of rotatable bonds is 9. The van der Waals surface area contributed by atoms with E-state index < -0.39 is 5.97 Å². The second kappa shape index (κ2) is 11.2. The molecule has 3 aromatic carbocycles. The standard InChI is InChI=1S/C37H39N3O3/c1-23-17-29(24(2)40(23)30-12-13-30)21-39-16-15-32-31(26-9-6-10-27(18-26)37(42)43)14-11-28(35(32)22-39)20-38-36(41)34-19-33(34)25-7-4-3-5-8-25/h3-11,14,17-18,30,33-34H,12-13,15-16,19-22H2,1-2H3,(H,38,41)(H,42,43)/t33-,34-/m0/s1. The van der Waals surface area contributed by atoms with Crippen LogP contribution in [0.5, 0.6) is 0 Å². The number of fused-ring (bicyclic) bond motifs is 1. The first kappa shape index (κ1) is 27.7. The van der Waals surface area contributed by atoms with Crippen molar-refractivity contribution >= 4 is 11.9 Å². The molecule has 7 rings (SSSR count). The van der Waals surface area contributed by atoms with Crippen LogP contribution in [0.3, 0.4) is 0 Å². The smallest absolute Gasteiger partial charge is 0.335 e. The molecule has 4 aromatic rings. The molecule has 0 spiro atoms. The van der Waals surface area contributed by atoms with Gasteiger partial charge in [0.15, 0.2) is 0 Å². The lowest BCUT2D eigenvalue weighted by atomic mass is 9.87. The van der Waals surface area contributed by atoms with Crippen molar-refractivity contribution in [2.75, 3.05) is 6.54 Å². The van der Waals surface area contributed by atoms with E-state index >= 15 is 0 Å². The summed E-state index contributed by atoms with van der Waals surface area (Å²) in [6.07, 6.45) is 4.34. The second-order valence-corrected chi connectivity index (χ2v) is 12.7. The molecule has 0 unspecified atom stereocenters. The third-order valence-corrected chi connectivity index (χ3v) is 9.71. The highest BCUT2D eigenvalue weighted by molar-refractivity contribution is 5.89. The van der Waals surface area contributed by atoms with Gasteiger partial charge in [-0.3, -0.25) is 9.69 Å². The zero-order valence-electron chi connectivity index (χ0n) is 25.0. The number of carboxylic acids is 1. The molecule has 0 radical (unpaired) electrons. The van der Waals surface area contributed by atoms with E-state index in [-0.39, 0.29) is 11.8 Å². The summed E-state index contributed by atoms with van der Waals surface area (Å²) in [7, 11) is 0. The number of nitrogens with zero attached hydrogens (tertiary/aromatic N) is 2. The number of hydrogen-bond acceptors (Lipinski definition) is 3. The molecule has 220 valence electrons. The molecule has 2 heterocycles. The lowest BCUT2D eigenvalue weighted by Gasteiger charge is -2.32. The van der Waals surface area contributed by atoms with Crippen LogP contribution in [0.4, 0.5) is 0 Å². The van der Waals surface area contributed by atoms with Gasteiger partial charge in [-0.05, 0) is 103 Å². The molecular weight excluding hydrogens is 534 g/mol. The Morgan fingerprint density at radius 2 is 1.74 bits per heavy atom. The van der Waals surface area contributed by atoms with Crippen LogP contribution >= 0.6 is 0 Å². The summed E-state index contributed by atoms with van der Waals surface area (Å²) >= 11 is 0. The normalized spacial score (nSPS) is 19.6. The van der Waals surface area contributed by atoms with E-state index in [1.807, 2.05) is 30.3 Å². The number of nitrogens with one attached hydrogen (secondary N) is 1. The minimum absolute atomic E-state index is 0.0366. The highest BCUT2D eigenvalue weighted by Gasteiger charge is 2.43. The van der Waals surface area contributed by atoms with Gasteiger partial charge < -0.3 is 15.0 Å². The van der Waals surface area contributed by atoms with Crippen molar-refractivity contribution in [1.82, 2.24) is 14.8 Å². The predicted molar refractivity (Wildman–Crippen MR) is 168 cm³/mol. The number of carbonyl (C=O) groups is 2. The van der Waals surface area contributed by atoms with Crippen LogP contribution in [-0.4, -0.2) is 33.0 Å². The van der Waals surface area contributed by atoms with E-state index in [9.17, 15) is 14.7 Å². The van der Waals surface area contributed by atoms with Crippen LogP contribution in [-0.2, 0) is 30.8 Å². The first-order valence-corrected chi connectivity index (χ1v) is 15.6. The van der Waals surface area contributed by atoms with Crippen molar-refractivity contribution in [3.63, 3.8) is 0 Å². The number of amides is 1. The molecule has 6 nitrogen and oxygen atoms in total. The van der Waals surface area contributed by atoms with Gasteiger partial charge in [0.25, 0.3) is 0 Å². The third-order valence-electron chi connectivity index (χ3n) is 9.71. The highest BCUT2D eigenvalue weighted by Crippen LogP contribution is 2.47. The number of aryl methyl sites for hydroxylation is 1. The van der Waals surface area contributed by atoms with Gasteiger partial charge in [0.1, 0.15) is 0 Å². The van der Waals surface area contributed by atoms with Gasteiger partial charge >= 0.3 is 5.97 Å². The van der Waals surface area contributed by atoms with Gasteiger partial charge in [0.2, 0.25) is 5.91 Å². The lowest BCUT2D eigenvalue weighted by molar-refractivity contribution is -0.122. The Labute approximate surface area is 253 Å². The second-order valence-electron chi connectivity index (χ2n) is 12.7. The van der Waals surface area contributed by atoms with E-state index in [1.165, 1.54) is 46.5 Å². The van der Waals surface area contributed by atoms with E-state index in [1.54, 1.807) is 12.1 Å². The molecule has 3 aliphatic rings. The fourth-order valence-corrected chi connectivity index (χ4v) is 7.20. The first-order chi connectivity index (χ1) is 20.9. The summed E-state index contributed by atoms with van der Waals surface area (Å²) in [6.45, 7) is 7.61. The Balaban J connectivity index is 1.15.